The van der Waals surface area contributed by atoms with Crippen molar-refractivity contribution in [2.24, 2.45) is 11.7 Å². The molecule has 1 rings (SSSR count). The first-order valence-corrected chi connectivity index (χ1v) is 5.56. The highest BCUT2D eigenvalue weighted by Crippen LogP contribution is 2.32. The second-order valence-corrected chi connectivity index (χ2v) is 4.38. The lowest BCUT2D eigenvalue weighted by Gasteiger charge is -2.21. The average molecular weight is 266 g/mol. The molecule has 0 amide bonds. The fraction of sp³-hybridized carbons (Fsp3) is 0.500. The summed E-state index contributed by atoms with van der Waals surface area (Å²) in [5, 5.41) is 0.461. The number of rotatable bonds is 3. The summed E-state index contributed by atoms with van der Waals surface area (Å²) in [5.74, 6) is -0.0859. The summed E-state index contributed by atoms with van der Waals surface area (Å²) in [6, 6.07) is 2.77. The van der Waals surface area contributed by atoms with Crippen LogP contribution in [0.4, 0.5) is 4.39 Å². The molecule has 0 aliphatic heterocycles. The molecule has 0 saturated carbocycles. The first-order chi connectivity index (χ1) is 6.99. The van der Waals surface area contributed by atoms with Crippen molar-refractivity contribution >= 4 is 24.0 Å². The SMILES string of the molecule is CCC(C)[C@H](N)c1c(F)ccc(C)c1Cl.Cl. The maximum absolute atomic E-state index is 13.6. The number of halogens is 3. The van der Waals surface area contributed by atoms with Crippen LogP contribution in [0.5, 0.6) is 0 Å². The van der Waals surface area contributed by atoms with Crippen LogP contribution >= 0.6 is 24.0 Å². The van der Waals surface area contributed by atoms with Gasteiger partial charge in [0.05, 0.1) is 5.02 Å². The van der Waals surface area contributed by atoms with Crippen molar-refractivity contribution in [3.63, 3.8) is 0 Å². The number of hydrogen-bond acceptors (Lipinski definition) is 1. The van der Waals surface area contributed by atoms with E-state index in [-0.39, 0.29) is 30.2 Å². The zero-order valence-corrected chi connectivity index (χ0v) is 11.3. The molecule has 0 aliphatic rings. The minimum Gasteiger partial charge on any atom is -0.324 e. The molecule has 0 heterocycles. The van der Waals surface area contributed by atoms with E-state index in [1.54, 1.807) is 6.07 Å². The van der Waals surface area contributed by atoms with Gasteiger partial charge in [-0.15, -0.1) is 12.4 Å². The lowest BCUT2D eigenvalue weighted by molar-refractivity contribution is 0.439. The van der Waals surface area contributed by atoms with Gasteiger partial charge in [-0.3, -0.25) is 0 Å². The van der Waals surface area contributed by atoms with Crippen molar-refractivity contribution < 1.29 is 4.39 Å². The van der Waals surface area contributed by atoms with Gasteiger partial charge >= 0.3 is 0 Å². The summed E-state index contributed by atoms with van der Waals surface area (Å²) >= 11 is 6.07. The van der Waals surface area contributed by atoms with E-state index >= 15 is 0 Å². The van der Waals surface area contributed by atoms with Crippen LogP contribution in [0.25, 0.3) is 0 Å². The van der Waals surface area contributed by atoms with Gasteiger partial charge in [0.1, 0.15) is 5.82 Å². The highest BCUT2D eigenvalue weighted by atomic mass is 35.5. The van der Waals surface area contributed by atoms with E-state index in [4.69, 9.17) is 17.3 Å². The van der Waals surface area contributed by atoms with Crippen LogP contribution in [0.2, 0.25) is 5.02 Å². The van der Waals surface area contributed by atoms with Crippen molar-refractivity contribution in [2.75, 3.05) is 0 Å². The van der Waals surface area contributed by atoms with E-state index in [1.807, 2.05) is 20.8 Å². The number of benzene rings is 1. The van der Waals surface area contributed by atoms with Gasteiger partial charge in [0, 0.05) is 11.6 Å². The quantitative estimate of drug-likeness (QED) is 0.869. The molecule has 2 atom stereocenters. The Balaban J connectivity index is 0.00000225. The third kappa shape index (κ3) is 3.09. The normalized spacial score (nSPS) is 14.1. The zero-order chi connectivity index (χ0) is 11.6. The molecular weight excluding hydrogens is 248 g/mol. The van der Waals surface area contributed by atoms with Crippen LogP contribution in [0, 0.1) is 18.7 Å². The Morgan fingerprint density at radius 3 is 2.50 bits per heavy atom. The summed E-state index contributed by atoms with van der Waals surface area (Å²) < 4.78 is 13.6. The van der Waals surface area contributed by atoms with E-state index in [0.29, 0.717) is 10.6 Å². The second kappa shape index (κ2) is 6.43. The average Bonchev–Trinajstić information content (AvgIpc) is 2.22. The summed E-state index contributed by atoms with van der Waals surface area (Å²) in [7, 11) is 0. The van der Waals surface area contributed by atoms with Crippen molar-refractivity contribution in [1.82, 2.24) is 0 Å². The Bertz CT molecular complexity index is 355. The highest BCUT2D eigenvalue weighted by molar-refractivity contribution is 6.32. The maximum atomic E-state index is 13.6. The standard InChI is InChI=1S/C12H17ClFN.ClH/c1-4-7(2)12(15)10-9(14)6-5-8(3)11(10)13;/h5-7,12H,4,15H2,1-3H3;1H/t7?,12-;/m0./s1. The molecule has 0 saturated heterocycles. The zero-order valence-electron chi connectivity index (χ0n) is 9.76. The van der Waals surface area contributed by atoms with Crippen LogP contribution in [0.15, 0.2) is 12.1 Å². The maximum Gasteiger partial charge on any atom is 0.129 e. The Morgan fingerprint density at radius 1 is 1.44 bits per heavy atom. The molecule has 2 N–H and O–H groups in total. The fourth-order valence-electron chi connectivity index (χ4n) is 1.52. The lowest BCUT2D eigenvalue weighted by Crippen LogP contribution is -2.20. The Labute approximate surface area is 108 Å². The minimum absolute atomic E-state index is 0. The van der Waals surface area contributed by atoms with Crippen LogP contribution in [-0.2, 0) is 0 Å². The smallest absolute Gasteiger partial charge is 0.129 e. The van der Waals surface area contributed by atoms with Crippen LogP contribution in [-0.4, -0.2) is 0 Å². The predicted octanol–water partition coefficient (Wildman–Crippen LogP) is 4.26. The predicted molar refractivity (Wildman–Crippen MR) is 69.8 cm³/mol. The number of hydrogen-bond donors (Lipinski definition) is 1. The topological polar surface area (TPSA) is 26.0 Å². The van der Waals surface area contributed by atoms with E-state index in [1.165, 1.54) is 6.07 Å². The van der Waals surface area contributed by atoms with Crippen molar-refractivity contribution in [1.29, 1.82) is 0 Å². The molecule has 0 fully saturated rings. The van der Waals surface area contributed by atoms with E-state index in [0.717, 1.165) is 12.0 Å². The summed E-state index contributed by atoms with van der Waals surface area (Å²) in [6.07, 6.45) is 0.908. The third-order valence-corrected chi connectivity index (χ3v) is 3.41. The highest BCUT2D eigenvalue weighted by Gasteiger charge is 2.20. The summed E-state index contributed by atoms with van der Waals surface area (Å²) in [6.45, 7) is 5.89. The van der Waals surface area contributed by atoms with E-state index < -0.39 is 0 Å². The third-order valence-electron chi connectivity index (χ3n) is 2.91. The van der Waals surface area contributed by atoms with Gasteiger partial charge in [-0.05, 0) is 24.5 Å². The van der Waals surface area contributed by atoms with Crippen molar-refractivity contribution in [3.8, 4) is 0 Å². The number of aryl methyl sites for hydroxylation is 1. The van der Waals surface area contributed by atoms with E-state index in [2.05, 4.69) is 0 Å². The van der Waals surface area contributed by atoms with Gasteiger partial charge in [0.25, 0.3) is 0 Å². The first kappa shape index (κ1) is 15.7. The van der Waals surface area contributed by atoms with Gasteiger partial charge < -0.3 is 5.73 Å². The molecule has 1 nitrogen and oxygen atoms in total. The molecule has 1 unspecified atom stereocenters. The summed E-state index contributed by atoms with van der Waals surface area (Å²) in [5.41, 5.74) is 7.31. The summed E-state index contributed by atoms with van der Waals surface area (Å²) in [4.78, 5) is 0. The van der Waals surface area contributed by atoms with E-state index in [9.17, 15) is 4.39 Å². The van der Waals surface area contributed by atoms with Gasteiger partial charge in [-0.1, -0.05) is 37.9 Å². The van der Waals surface area contributed by atoms with Crippen LogP contribution in [0.3, 0.4) is 0 Å². The molecule has 0 radical (unpaired) electrons. The van der Waals surface area contributed by atoms with Gasteiger partial charge in [0.2, 0.25) is 0 Å². The van der Waals surface area contributed by atoms with Crippen molar-refractivity contribution in [3.05, 3.63) is 34.1 Å². The fourth-order valence-corrected chi connectivity index (χ4v) is 1.80. The molecule has 0 spiro atoms. The molecule has 4 heteroatoms. The first-order valence-electron chi connectivity index (χ1n) is 5.19. The minimum atomic E-state index is -0.331. The lowest BCUT2D eigenvalue weighted by atomic mass is 9.92. The molecule has 16 heavy (non-hydrogen) atoms. The van der Waals surface area contributed by atoms with Crippen LogP contribution < -0.4 is 5.73 Å². The molecule has 1 aromatic carbocycles. The Kier molecular flexibility index (Phi) is 6.31. The molecule has 0 bridgehead atoms. The number of nitrogens with two attached hydrogens (primary N) is 1. The largest absolute Gasteiger partial charge is 0.324 e. The molecule has 0 aromatic heterocycles. The second-order valence-electron chi connectivity index (χ2n) is 4.00. The molecule has 92 valence electrons. The molecule has 0 aliphatic carbocycles. The molecular formula is C12H18Cl2FN. The van der Waals surface area contributed by atoms with Crippen LogP contribution in [0.1, 0.15) is 37.4 Å². The van der Waals surface area contributed by atoms with Gasteiger partial charge in [-0.2, -0.15) is 0 Å². The Morgan fingerprint density at radius 2 is 2.00 bits per heavy atom. The Hall–Kier alpha value is -0.310. The molecule has 1 aromatic rings. The van der Waals surface area contributed by atoms with Gasteiger partial charge in [0.15, 0.2) is 0 Å². The monoisotopic (exact) mass is 265 g/mol. The van der Waals surface area contributed by atoms with Gasteiger partial charge in [-0.25, -0.2) is 4.39 Å². The van der Waals surface area contributed by atoms with Crippen molar-refractivity contribution in [2.45, 2.75) is 33.2 Å².